The molecule has 1 N–H and O–H groups in total. The Bertz CT molecular complexity index is 1200. The lowest BCUT2D eigenvalue weighted by molar-refractivity contribution is -0.136. The summed E-state index contributed by atoms with van der Waals surface area (Å²) in [7, 11) is 0. The summed E-state index contributed by atoms with van der Waals surface area (Å²) in [6.07, 6.45) is 3.04. The van der Waals surface area contributed by atoms with Crippen LogP contribution >= 0.6 is 0 Å². The number of piperidine rings is 2. The second-order valence-corrected chi connectivity index (χ2v) is 9.79. The number of carbonyl (C=O) groups excluding carboxylic acids is 3. The van der Waals surface area contributed by atoms with E-state index in [0.717, 1.165) is 50.0 Å². The number of likely N-dealkylation sites (tertiary alicyclic amines) is 1. The van der Waals surface area contributed by atoms with Gasteiger partial charge in [-0.25, -0.2) is 0 Å². The number of hydrogen-bond acceptors (Lipinski definition) is 6. The van der Waals surface area contributed by atoms with Crippen LogP contribution < -0.4 is 10.1 Å². The number of imide groups is 1. The molecule has 3 aliphatic heterocycles. The molecule has 8 heteroatoms. The first-order chi connectivity index (χ1) is 17.5. The molecule has 2 fully saturated rings. The molecule has 3 amide bonds. The summed E-state index contributed by atoms with van der Waals surface area (Å²) in [6.45, 7) is 3.45. The van der Waals surface area contributed by atoms with Crippen LogP contribution in [0.1, 0.15) is 53.6 Å². The molecule has 3 heterocycles. The Morgan fingerprint density at radius 3 is 2.56 bits per heavy atom. The molecule has 1 atom stereocenters. The number of fused-ring (bicyclic) bond motifs is 1. The van der Waals surface area contributed by atoms with Crippen molar-refractivity contribution in [3.63, 3.8) is 0 Å². The quantitative estimate of drug-likeness (QED) is 0.477. The van der Waals surface area contributed by atoms with E-state index in [2.05, 4.69) is 28.4 Å². The number of nitrogens with zero attached hydrogens (tertiary/aromatic N) is 3. The van der Waals surface area contributed by atoms with Crippen molar-refractivity contribution in [2.24, 2.45) is 0 Å². The topological polar surface area (TPSA) is 103 Å². The Hall–Kier alpha value is -3.70. The largest absolute Gasteiger partial charge is 0.493 e. The van der Waals surface area contributed by atoms with Gasteiger partial charge in [-0.15, -0.1) is 0 Å². The molecule has 0 radical (unpaired) electrons. The van der Waals surface area contributed by atoms with Gasteiger partial charge in [0.25, 0.3) is 5.91 Å². The first kappa shape index (κ1) is 24.0. The molecule has 0 spiro atoms. The predicted octanol–water partition coefficient (Wildman–Crippen LogP) is 2.77. The Balaban J connectivity index is 1.13. The number of ether oxygens (including phenoxy) is 1. The van der Waals surface area contributed by atoms with E-state index in [1.54, 1.807) is 17.0 Å². The van der Waals surface area contributed by atoms with Crippen LogP contribution in [0.5, 0.6) is 5.75 Å². The van der Waals surface area contributed by atoms with Crippen molar-refractivity contribution in [2.75, 3.05) is 26.2 Å². The molecule has 2 aromatic carbocycles. The minimum Gasteiger partial charge on any atom is -0.493 e. The van der Waals surface area contributed by atoms with Crippen LogP contribution in [-0.2, 0) is 21.5 Å². The van der Waals surface area contributed by atoms with E-state index in [9.17, 15) is 19.6 Å². The first-order valence-corrected chi connectivity index (χ1v) is 12.6. The summed E-state index contributed by atoms with van der Waals surface area (Å²) < 4.78 is 6.09. The summed E-state index contributed by atoms with van der Waals surface area (Å²) in [5, 5.41) is 12.2. The summed E-state index contributed by atoms with van der Waals surface area (Å²) in [5.74, 6) is -0.236. The van der Waals surface area contributed by atoms with Gasteiger partial charge in [-0.3, -0.25) is 19.7 Å². The van der Waals surface area contributed by atoms with Crippen molar-refractivity contribution in [2.45, 2.75) is 50.1 Å². The maximum atomic E-state index is 13.0. The number of carbonyl (C=O) groups is 3. The molecule has 0 aromatic heterocycles. The van der Waals surface area contributed by atoms with E-state index >= 15 is 0 Å². The van der Waals surface area contributed by atoms with Crippen molar-refractivity contribution in [3.05, 3.63) is 65.2 Å². The zero-order chi connectivity index (χ0) is 25.1. The van der Waals surface area contributed by atoms with Crippen LogP contribution in [0.2, 0.25) is 0 Å². The van der Waals surface area contributed by atoms with Crippen LogP contribution in [0.15, 0.2) is 48.5 Å². The smallest absolute Gasteiger partial charge is 0.255 e. The van der Waals surface area contributed by atoms with Crippen LogP contribution in [-0.4, -0.2) is 59.8 Å². The zero-order valence-electron chi connectivity index (χ0n) is 20.2. The number of amides is 3. The molecule has 8 nitrogen and oxygen atoms in total. The minimum atomic E-state index is -0.633. The average Bonchev–Trinajstić information content (AvgIpc) is 3.24. The molecular weight excluding hydrogens is 456 g/mol. The highest BCUT2D eigenvalue weighted by Gasteiger charge is 2.40. The monoisotopic (exact) mass is 486 g/mol. The van der Waals surface area contributed by atoms with Crippen molar-refractivity contribution in [3.8, 4) is 11.8 Å². The second-order valence-electron chi connectivity index (χ2n) is 9.79. The van der Waals surface area contributed by atoms with Crippen molar-refractivity contribution in [1.29, 1.82) is 5.26 Å². The summed E-state index contributed by atoms with van der Waals surface area (Å²) in [6, 6.07) is 17.4. The van der Waals surface area contributed by atoms with Gasteiger partial charge in [0, 0.05) is 24.1 Å². The predicted molar refractivity (Wildman–Crippen MR) is 132 cm³/mol. The molecule has 0 aliphatic carbocycles. The Kier molecular flexibility index (Phi) is 6.75. The van der Waals surface area contributed by atoms with Gasteiger partial charge in [-0.1, -0.05) is 36.4 Å². The van der Waals surface area contributed by atoms with E-state index in [4.69, 9.17) is 4.74 Å². The molecule has 2 saturated heterocycles. The molecule has 2 aromatic rings. The highest BCUT2D eigenvalue weighted by molar-refractivity contribution is 6.05. The number of benzene rings is 2. The standard InChI is InChI=1S/C28H30N4O4/c29-19-28(20-6-2-1-3-7-20)12-15-31(16-13-28)14-5-17-36-24-9-4-8-21-22(24)18-32(27(21)35)23-10-11-25(33)30-26(23)34/h1-4,6-9,23H,5,10-18H2,(H,30,33,34). The third-order valence-electron chi connectivity index (χ3n) is 7.67. The Morgan fingerprint density at radius 1 is 1.06 bits per heavy atom. The van der Waals surface area contributed by atoms with Gasteiger partial charge >= 0.3 is 0 Å². The molecule has 5 rings (SSSR count). The fraction of sp³-hybridized carbons (Fsp3) is 0.429. The van der Waals surface area contributed by atoms with E-state index in [-0.39, 0.29) is 18.2 Å². The van der Waals surface area contributed by atoms with Crippen LogP contribution in [0.25, 0.3) is 0 Å². The first-order valence-electron chi connectivity index (χ1n) is 12.6. The van der Waals surface area contributed by atoms with Crippen LogP contribution in [0.3, 0.4) is 0 Å². The Morgan fingerprint density at radius 2 is 1.83 bits per heavy atom. The fourth-order valence-corrected chi connectivity index (χ4v) is 5.54. The number of rotatable bonds is 7. The van der Waals surface area contributed by atoms with Gasteiger partial charge in [0.15, 0.2) is 0 Å². The van der Waals surface area contributed by atoms with Gasteiger partial charge in [-0.2, -0.15) is 5.26 Å². The Labute approximate surface area is 210 Å². The van der Waals surface area contributed by atoms with E-state index in [0.29, 0.717) is 30.9 Å². The third kappa shape index (κ3) is 4.59. The van der Waals surface area contributed by atoms with Gasteiger partial charge in [0.2, 0.25) is 11.8 Å². The second kappa shape index (κ2) is 10.1. The summed E-state index contributed by atoms with van der Waals surface area (Å²) in [4.78, 5) is 40.7. The van der Waals surface area contributed by atoms with Gasteiger partial charge in [0.05, 0.1) is 24.6 Å². The average molecular weight is 487 g/mol. The molecule has 1 unspecified atom stereocenters. The lowest BCUT2D eigenvalue weighted by Crippen LogP contribution is -2.52. The summed E-state index contributed by atoms with van der Waals surface area (Å²) >= 11 is 0. The van der Waals surface area contributed by atoms with E-state index in [1.165, 1.54) is 0 Å². The lowest BCUT2D eigenvalue weighted by atomic mass is 9.74. The number of nitrogens with one attached hydrogen (secondary N) is 1. The molecule has 0 bridgehead atoms. The minimum absolute atomic E-state index is 0.197. The maximum absolute atomic E-state index is 13.0. The van der Waals surface area contributed by atoms with E-state index < -0.39 is 17.4 Å². The molecule has 3 aliphatic rings. The zero-order valence-corrected chi connectivity index (χ0v) is 20.2. The highest BCUT2D eigenvalue weighted by atomic mass is 16.5. The molecule has 36 heavy (non-hydrogen) atoms. The fourth-order valence-electron chi connectivity index (χ4n) is 5.54. The van der Waals surface area contributed by atoms with Crippen molar-refractivity contribution < 1.29 is 19.1 Å². The summed E-state index contributed by atoms with van der Waals surface area (Å²) in [5.41, 5.74) is 2.06. The van der Waals surface area contributed by atoms with E-state index in [1.807, 2.05) is 24.3 Å². The van der Waals surface area contributed by atoms with Gasteiger partial charge < -0.3 is 14.5 Å². The third-order valence-corrected chi connectivity index (χ3v) is 7.67. The van der Waals surface area contributed by atoms with Crippen molar-refractivity contribution >= 4 is 17.7 Å². The SMILES string of the molecule is N#CC1(c2ccccc2)CCN(CCCOc2cccc3c2CN(C2CCC(=O)NC2=O)C3=O)CC1. The van der Waals surface area contributed by atoms with Crippen molar-refractivity contribution in [1.82, 2.24) is 15.1 Å². The highest BCUT2D eigenvalue weighted by Crippen LogP contribution is 2.35. The number of nitriles is 1. The lowest BCUT2D eigenvalue weighted by Gasteiger charge is -2.37. The van der Waals surface area contributed by atoms with Crippen LogP contribution in [0.4, 0.5) is 0 Å². The molecule has 0 saturated carbocycles. The molecule has 186 valence electrons. The molecular formula is C28H30N4O4. The maximum Gasteiger partial charge on any atom is 0.255 e. The number of hydrogen-bond donors (Lipinski definition) is 1. The normalized spacial score (nSPS) is 21.6. The van der Waals surface area contributed by atoms with Crippen LogP contribution in [0, 0.1) is 11.3 Å². The van der Waals surface area contributed by atoms with Gasteiger partial charge in [-0.05, 0) is 56.5 Å². The van der Waals surface area contributed by atoms with Gasteiger partial charge in [0.1, 0.15) is 11.8 Å².